The summed E-state index contributed by atoms with van der Waals surface area (Å²) >= 11 is 0. The topological polar surface area (TPSA) is 74.6 Å². The van der Waals surface area contributed by atoms with E-state index in [1.807, 2.05) is 0 Å². The number of hydrogen-bond donors (Lipinski definition) is 2. The summed E-state index contributed by atoms with van der Waals surface area (Å²) < 4.78 is 0. The SMILES string of the molecule is O=C(O)CCCCCCCCC=CCC=CCCCCCCCCCC(=O)O. The van der Waals surface area contributed by atoms with Gasteiger partial charge in [-0.05, 0) is 44.9 Å². The van der Waals surface area contributed by atoms with Crippen molar-refractivity contribution in [2.24, 2.45) is 0 Å². The Kier molecular flexibility index (Phi) is 20.5. The first-order valence-electron chi connectivity index (χ1n) is 11.4. The largest absolute Gasteiger partial charge is 0.481 e. The maximum Gasteiger partial charge on any atom is 0.303 e. The minimum atomic E-state index is -0.680. The van der Waals surface area contributed by atoms with Crippen molar-refractivity contribution in [1.29, 1.82) is 0 Å². The Morgan fingerprint density at radius 2 is 0.786 bits per heavy atom. The van der Waals surface area contributed by atoms with E-state index in [-0.39, 0.29) is 0 Å². The summed E-state index contributed by atoms with van der Waals surface area (Å²) in [4.78, 5) is 20.8. The van der Waals surface area contributed by atoms with E-state index >= 15 is 0 Å². The molecule has 0 aliphatic rings. The Labute approximate surface area is 172 Å². The third-order valence-corrected chi connectivity index (χ3v) is 4.88. The van der Waals surface area contributed by atoms with E-state index in [2.05, 4.69) is 24.3 Å². The minimum absolute atomic E-state index is 0.312. The molecule has 0 unspecified atom stereocenters. The Hall–Kier alpha value is -1.58. The van der Waals surface area contributed by atoms with E-state index in [1.54, 1.807) is 0 Å². The monoisotopic (exact) mass is 394 g/mol. The number of carboxylic acid groups (broad SMARTS) is 2. The van der Waals surface area contributed by atoms with Gasteiger partial charge in [0.1, 0.15) is 0 Å². The van der Waals surface area contributed by atoms with Crippen molar-refractivity contribution >= 4 is 11.9 Å². The van der Waals surface area contributed by atoms with Gasteiger partial charge in [0.05, 0.1) is 0 Å². The second-order valence-electron chi connectivity index (χ2n) is 7.64. The lowest BCUT2D eigenvalue weighted by molar-refractivity contribution is -0.138. The van der Waals surface area contributed by atoms with Crippen LogP contribution < -0.4 is 0 Å². The molecule has 0 fully saturated rings. The molecule has 0 aromatic carbocycles. The Morgan fingerprint density at radius 1 is 0.464 bits per heavy atom. The molecule has 162 valence electrons. The lowest BCUT2D eigenvalue weighted by atomic mass is 10.1. The van der Waals surface area contributed by atoms with Gasteiger partial charge in [-0.15, -0.1) is 0 Å². The molecule has 0 atom stereocenters. The number of carboxylic acids is 2. The van der Waals surface area contributed by atoms with E-state index in [1.165, 1.54) is 51.4 Å². The summed E-state index contributed by atoms with van der Waals surface area (Å²) in [5.41, 5.74) is 0. The molecule has 2 N–H and O–H groups in total. The lowest BCUT2D eigenvalue weighted by Gasteiger charge is -2.00. The van der Waals surface area contributed by atoms with Gasteiger partial charge >= 0.3 is 11.9 Å². The molecule has 0 rings (SSSR count). The molecule has 0 aliphatic heterocycles. The van der Waals surface area contributed by atoms with E-state index < -0.39 is 11.9 Å². The fourth-order valence-corrected chi connectivity index (χ4v) is 3.17. The highest BCUT2D eigenvalue weighted by atomic mass is 16.4. The molecule has 0 heterocycles. The van der Waals surface area contributed by atoms with Crippen LogP contribution in [0.15, 0.2) is 24.3 Å². The summed E-state index contributed by atoms with van der Waals surface area (Å²) in [7, 11) is 0. The van der Waals surface area contributed by atoms with Crippen LogP contribution in [0.5, 0.6) is 0 Å². The number of rotatable bonds is 21. The summed E-state index contributed by atoms with van der Waals surface area (Å²) in [6.45, 7) is 0. The van der Waals surface area contributed by atoms with Crippen molar-refractivity contribution in [2.75, 3.05) is 0 Å². The smallest absolute Gasteiger partial charge is 0.303 e. The Morgan fingerprint density at radius 3 is 1.14 bits per heavy atom. The number of aliphatic carboxylic acids is 2. The summed E-state index contributed by atoms with van der Waals surface area (Å²) in [6, 6.07) is 0. The van der Waals surface area contributed by atoms with Crippen molar-refractivity contribution in [1.82, 2.24) is 0 Å². The van der Waals surface area contributed by atoms with Crippen molar-refractivity contribution in [3.63, 3.8) is 0 Å². The molecule has 0 amide bonds. The zero-order chi connectivity index (χ0) is 20.7. The number of hydrogen-bond acceptors (Lipinski definition) is 2. The van der Waals surface area contributed by atoms with Gasteiger partial charge in [-0.1, -0.05) is 82.1 Å². The average molecular weight is 395 g/mol. The van der Waals surface area contributed by atoms with Gasteiger partial charge in [0.15, 0.2) is 0 Å². The molecular formula is C24H42O4. The van der Waals surface area contributed by atoms with Crippen LogP contribution in [-0.4, -0.2) is 22.2 Å². The zero-order valence-corrected chi connectivity index (χ0v) is 17.7. The Balaban J connectivity index is 3.20. The third-order valence-electron chi connectivity index (χ3n) is 4.88. The van der Waals surface area contributed by atoms with Crippen LogP contribution in [0.4, 0.5) is 0 Å². The quantitative estimate of drug-likeness (QED) is 0.158. The van der Waals surface area contributed by atoms with Crippen LogP contribution in [0.3, 0.4) is 0 Å². The second-order valence-corrected chi connectivity index (χ2v) is 7.64. The van der Waals surface area contributed by atoms with Crippen LogP contribution in [-0.2, 0) is 9.59 Å². The molecule has 0 bridgehead atoms. The van der Waals surface area contributed by atoms with Gasteiger partial charge < -0.3 is 10.2 Å². The van der Waals surface area contributed by atoms with Crippen molar-refractivity contribution in [2.45, 2.75) is 116 Å². The molecule has 28 heavy (non-hydrogen) atoms. The molecule has 0 aromatic rings. The van der Waals surface area contributed by atoms with Gasteiger partial charge in [-0.2, -0.15) is 0 Å². The highest BCUT2D eigenvalue weighted by Gasteiger charge is 1.97. The summed E-state index contributed by atoms with van der Waals surface area (Å²) in [5.74, 6) is -1.36. The molecule has 0 aliphatic carbocycles. The molecule has 0 aromatic heterocycles. The van der Waals surface area contributed by atoms with Crippen molar-refractivity contribution in [3.05, 3.63) is 24.3 Å². The maximum atomic E-state index is 10.4. The van der Waals surface area contributed by atoms with E-state index in [9.17, 15) is 9.59 Å². The lowest BCUT2D eigenvalue weighted by Crippen LogP contribution is -1.93. The average Bonchev–Trinajstić information content (AvgIpc) is 2.65. The molecule has 4 nitrogen and oxygen atoms in total. The van der Waals surface area contributed by atoms with E-state index in [4.69, 9.17) is 10.2 Å². The fraction of sp³-hybridized carbons (Fsp3) is 0.750. The molecule has 0 saturated heterocycles. The van der Waals surface area contributed by atoms with E-state index in [0.717, 1.165) is 51.4 Å². The van der Waals surface area contributed by atoms with Crippen LogP contribution in [0.1, 0.15) is 116 Å². The van der Waals surface area contributed by atoms with Crippen molar-refractivity contribution in [3.8, 4) is 0 Å². The highest BCUT2D eigenvalue weighted by molar-refractivity contribution is 5.66. The first kappa shape index (κ1) is 26.4. The predicted octanol–water partition coefficient (Wildman–Crippen LogP) is 7.29. The predicted molar refractivity (Wildman–Crippen MR) is 117 cm³/mol. The van der Waals surface area contributed by atoms with Gasteiger partial charge in [-0.3, -0.25) is 9.59 Å². The standard InChI is InChI=1S/C24H42O4/c25-23(26)21-19-17-15-13-11-9-7-5-3-1-2-4-6-8-10-12-14-16-18-20-22-24(27)28/h1,3-4,6H,2,5,7-22H2,(H,25,26)(H,27,28). The first-order chi connectivity index (χ1) is 13.6. The van der Waals surface area contributed by atoms with E-state index in [0.29, 0.717) is 12.8 Å². The zero-order valence-electron chi connectivity index (χ0n) is 17.7. The van der Waals surface area contributed by atoms with Gasteiger partial charge in [0.25, 0.3) is 0 Å². The molecule has 4 heteroatoms. The van der Waals surface area contributed by atoms with Crippen LogP contribution in [0.25, 0.3) is 0 Å². The highest BCUT2D eigenvalue weighted by Crippen LogP contribution is 2.11. The number of allylic oxidation sites excluding steroid dienone is 4. The number of unbranched alkanes of at least 4 members (excludes halogenated alkanes) is 13. The van der Waals surface area contributed by atoms with Crippen LogP contribution in [0.2, 0.25) is 0 Å². The molecule has 0 radical (unpaired) electrons. The summed E-state index contributed by atoms with van der Waals surface area (Å²) in [6.07, 6.45) is 27.8. The number of carbonyl (C=O) groups is 2. The molecule has 0 spiro atoms. The van der Waals surface area contributed by atoms with Gasteiger partial charge in [0.2, 0.25) is 0 Å². The fourth-order valence-electron chi connectivity index (χ4n) is 3.17. The summed E-state index contributed by atoms with van der Waals surface area (Å²) in [5, 5.41) is 17.1. The molecular weight excluding hydrogens is 352 g/mol. The third kappa shape index (κ3) is 24.4. The normalized spacial score (nSPS) is 11.6. The molecule has 0 saturated carbocycles. The first-order valence-corrected chi connectivity index (χ1v) is 11.4. The second kappa shape index (κ2) is 21.7. The van der Waals surface area contributed by atoms with Crippen LogP contribution in [0, 0.1) is 0 Å². The van der Waals surface area contributed by atoms with Gasteiger partial charge in [0, 0.05) is 12.8 Å². The van der Waals surface area contributed by atoms with Crippen LogP contribution >= 0.6 is 0 Å². The maximum absolute atomic E-state index is 10.4. The van der Waals surface area contributed by atoms with Gasteiger partial charge in [-0.25, -0.2) is 0 Å². The Bertz CT molecular complexity index is 426. The van der Waals surface area contributed by atoms with Crippen molar-refractivity contribution < 1.29 is 19.8 Å². The minimum Gasteiger partial charge on any atom is -0.481 e.